The van der Waals surface area contributed by atoms with Gasteiger partial charge in [0, 0.05) is 18.0 Å². The van der Waals surface area contributed by atoms with Crippen molar-refractivity contribution in [2.24, 2.45) is 5.92 Å². The molecule has 1 fully saturated rings. The van der Waals surface area contributed by atoms with Gasteiger partial charge in [0.1, 0.15) is 5.92 Å². The van der Waals surface area contributed by atoms with Gasteiger partial charge >= 0.3 is 12.2 Å². The van der Waals surface area contributed by atoms with E-state index >= 15 is 0 Å². The fraction of sp³-hybridized carbons (Fsp3) is 0.235. The lowest BCUT2D eigenvalue weighted by Gasteiger charge is -2.45. The second kappa shape index (κ2) is 6.41. The monoisotopic (exact) mass is 365 g/mol. The molecule has 1 aromatic heterocycles. The molecule has 136 valence electrons. The van der Waals surface area contributed by atoms with Crippen LogP contribution in [0.3, 0.4) is 0 Å². The maximum atomic E-state index is 13.7. The number of hydrogen-bond donors (Lipinski definition) is 3. The quantitative estimate of drug-likeness (QED) is 0.727. The minimum absolute atomic E-state index is 0.112. The molecule has 2 heterocycles. The summed E-state index contributed by atoms with van der Waals surface area (Å²) in [5.74, 6) is -3.05. The summed E-state index contributed by atoms with van der Waals surface area (Å²) in [5.41, 5.74) is -3.59. The van der Waals surface area contributed by atoms with Crippen molar-refractivity contribution in [2.75, 3.05) is 0 Å². The van der Waals surface area contributed by atoms with E-state index in [1.807, 2.05) is 0 Å². The van der Waals surface area contributed by atoms with Crippen LogP contribution in [0, 0.1) is 5.92 Å². The van der Waals surface area contributed by atoms with Crippen LogP contribution in [0.4, 0.5) is 18.0 Å². The van der Waals surface area contributed by atoms with Crippen molar-refractivity contribution in [3.8, 4) is 0 Å². The first-order valence-corrected chi connectivity index (χ1v) is 7.61. The van der Waals surface area contributed by atoms with Crippen LogP contribution in [0.1, 0.15) is 22.0 Å². The van der Waals surface area contributed by atoms with Crippen LogP contribution >= 0.6 is 0 Å². The van der Waals surface area contributed by atoms with Crippen LogP contribution in [0.2, 0.25) is 0 Å². The molecule has 6 nitrogen and oxygen atoms in total. The Morgan fingerprint density at radius 1 is 1.15 bits per heavy atom. The summed E-state index contributed by atoms with van der Waals surface area (Å²) in [6.07, 6.45) is -2.81. The van der Waals surface area contributed by atoms with Gasteiger partial charge in [-0.3, -0.25) is 9.78 Å². The lowest BCUT2D eigenvalue weighted by Crippen LogP contribution is -2.72. The van der Waals surface area contributed by atoms with Gasteiger partial charge in [0.05, 0.1) is 6.04 Å². The molecule has 1 aliphatic rings. The molecule has 3 N–H and O–H groups in total. The Balaban J connectivity index is 2.15. The van der Waals surface area contributed by atoms with Crippen molar-refractivity contribution in [1.82, 2.24) is 15.6 Å². The average Bonchev–Trinajstić information content (AvgIpc) is 2.61. The molecule has 9 heteroatoms. The first-order chi connectivity index (χ1) is 12.2. The smallest absolute Gasteiger partial charge is 0.363 e. The van der Waals surface area contributed by atoms with E-state index in [1.54, 1.807) is 18.2 Å². The largest absolute Gasteiger partial charge is 0.437 e. The summed E-state index contributed by atoms with van der Waals surface area (Å²) in [5, 5.41) is 14.1. The van der Waals surface area contributed by atoms with E-state index in [2.05, 4.69) is 10.3 Å². The van der Waals surface area contributed by atoms with Gasteiger partial charge in [-0.15, -0.1) is 0 Å². The highest BCUT2D eigenvalue weighted by molar-refractivity contribution is 6.00. The molecule has 3 rings (SSSR count). The molecule has 0 radical (unpaired) electrons. The van der Waals surface area contributed by atoms with Gasteiger partial charge in [-0.05, 0) is 17.7 Å². The lowest BCUT2D eigenvalue weighted by atomic mass is 9.77. The van der Waals surface area contributed by atoms with E-state index in [0.29, 0.717) is 0 Å². The van der Waals surface area contributed by atoms with Crippen molar-refractivity contribution in [3.63, 3.8) is 0 Å². The molecule has 26 heavy (non-hydrogen) atoms. The number of hydrogen-bond acceptors (Lipinski definition) is 4. The Morgan fingerprint density at radius 3 is 2.42 bits per heavy atom. The molecule has 0 spiro atoms. The summed E-state index contributed by atoms with van der Waals surface area (Å²) in [7, 11) is 0. The van der Waals surface area contributed by atoms with Gasteiger partial charge in [0.25, 0.3) is 0 Å². The summed E-state index contributed by atoms with van der Waals surface area (Å²) in [6, 6.07) is 7.77. The van der Waals surface area contributed by atoms with Crippen LogP contribution in [0.5, 0.6) is 0 Å². The molecule has 0 bridgehead atoms. The highest BCUT2D eigenvalue weighted by Crippen LogP contribution is 2.43. The summed E-state index contributed by atoms with van der Waals surface area (Å²) in [6.45, 7) is 0. The highest BCUT2D eigenvalue weighted by atomic mass is 19.4. The molecule has 1 aliphatic heterocycles. The van der Waals surface area contributed by atoms with E-state index in [4.69, 9.17) is 0 Å². The topological polar surface area (TPSA) is 91.3 Å². The summed E-state index contributed by atoms with van der Waals surface area (Å²) >= 11 is 0. The maximum Gasteiger partial charge on any atom is 0.437 e. The summed E-state index contributed by atoms with van der Waals surface area (Å²) < 4.78 is 41.0. The number of pyridine rings is 1. The number of carbonyl (C=O) groups excluding carboxylic acids is 2. The molecule has 0 aliphatic carbocycles. The predicted octanol–water partition coefficient (Wildman–Crippen LogP) is 2.19. The van der Waals surface area contributed by atoms with Crippen molar-refractivity contribution >= 4 is 11.8 Å². The Labute approximate surface area is 146 Å². The molecule has 1 aromatic carbocycles. The van der Waals surface area contributed by atoms with Gasteiger partial charge in [0.15, 0.2) is 5.78 Å². The van der Waals surface area contributed by atoms with Gasteiger partial charge in [-0.2, -0.15) is 13.2 Å². The van der Waals surface area contributed by atoms with Crippen molar-refractivity contribution < 1.29 is 27.9 Å². The van der Waals surface area contributed by atoms with Crippen LogP contribution in [-0.2, 0) is 0 Å². The lowest BCUT2D eigenvalue weighted by molar-refractivity contribution is -0.287. The van der Waals surface area contributed by atoms with Crippen molar-refractivity contribution in [2.45, 2.75) is 17.9 Å². The Kier molecular flexibility index (Phi) is 4.41. The number of carbonyl (C=O) groups is 2. The number of aliphatic hydroxyl groups is 1. The molecule has 2 amide bonds. The van der Waals surface area contributed by atoms with E-state index in [-0.39, 0.29) is 11.1 Å². The van der Waals surface area contributed by atoms with Crippen LogP contribution in [0.25, 0.3) is 0 Å². The molecule has 3 unspecified atom stereocenters. The molecule has 1 saturated heterocycles. The average molecular weight is 365 g/mol. The number of aromatic nitrogens is 1. The number of ketones is 1. The minimum atomic E-state index is -5.28. The third-order valence-corrected chi connectivity index (χ3v) is 4.19. The van der Waals surface area contributed by atoms with Crippen LogP contribution in [-0.4, -0.2) is 33.8 Å². The van der Waals surface area contributed by atoms with E-state index in [1.165, 1.54) is 35.8 Å². The predicted molar refractivity (Wildman–Crippen MR) is 83.9 cm³/mol. The van der Waals surface area contributed by atoms with Crippen molar-refractivity contribution in [1.29, 1.82) is 0 Å². The zero-order valence-corrected chi connectivity index (χ0v) is 13.2. The third kappa shape index (κ3) is 3.01. The second-order valence-electron chi connectivity index (χ2n) is 5.83. The number of amides is 2. The third-order valence-electron chi connectivity index (χ3n) is 4.19. The minimum Gasteiger partial charge on any atom is -0.363 e. The maximum absolute atomic E-state index is 13.7. The Morgan fingerprint density at radius 2 is 1.85 bits per heavy atom. The fourth-order valence-electron chi connectivity index (χ4n) is 2.97. The number of nitrogens with zero attached hydrogens (tertiary/aromatic N) is 1. The number of Topliss-reactive ketones (excluding diaryl/α,β-unsaturated/α-hetero) is 1. The second-order valence-corrected chi connectivity index (χ2v) is 5.83. The number of alkyl halides is 3. The fourth-order valence-corrected chi connectivity index (χ4v) is 2.97. The van der Waals surface area contributed by atoms with E-state index in [9.17, 15) is 27.9 Å². The number of rotatable bonds is 3. The highest BCUT2D eigenvalue weighted by Gasteiger charge is 2.66. The van der Waals surface area contributed by atoms with Gasteiger partial charge in [-0.1, -0.05) is 30.3 Å². The first kappa shape index (κ1) is 17.9. The normalized spacial score (nSPS) is 25.9. The Bertz CT molecular complexity index is 814. The SMILES string of the molecule is O=C1NC(c2ccccc2)C(C(=O)c2cccnc2)C(O)(C(F)(F)F)N1. The van der Waals surface area contributed by atoms with Gasteiger partial charge < -0.3 is 15.7 Å². The van der Waals surface area contributed by atoms with Gasteiger partial charge in [0.2, 0.25) is 5.72 Å². The molecule has 3 atom stereocenters. The zero-order chi connectivity index (χ0) is 18.9. The number of nitrogens with one attached hydrogen (secondary N) is 2. The Hall–Kier alpha value is -2.94. The molecular weight excluding hydrogens is 351 g/mol. The number of benzene rings is 1. The molecule has 0 saturated carbocycles. The zero-order valence-electron chi connectivity index (χ0n) is 13.2. The number of halogens is 3. The first-order valence-electron chi connectivity index (χ1n) is 7.61. The van der Waals surface area contributed by atoms with Crippen LogP contribution < -0.4 is 10.6 Å². The molecule has 2 aromatic rings. The summed E-state index contributed by atoms with van der Waals surface area (Å²) in [4.78, 5) is 28.4. The van der Waals surface area contributed by atoms with E-state index in [0.717, 1.165) is 6.20 Å². The van der Waals surface area contributed by atoms with Gasteiger partial charge in [-0.25, -0.2) is 4.79 Å². The van der Waals surface area contributed by atoms with Crippen LogP contribution in [0.15, 0.2) is 54.9 Å². The number of urea groups is 1. The van der Waals surface area contributed by atoms with Crippen molar-refractivity contribution in [3.05, 3.63) is 66.0 Å². The van der Waals surface area contributed by atoms with E-state index < -0.39 is 35.7 Å². The molecular formula is C17H14F3N3O3. The standard InChI is InChI=1S/C17H14F3N3O3/c18-17(19,20)16(26)12(14(24)11-7-4-8-21-9-11)13(22-15(25)23-16)10-5-2-1-3-6-10/h1-9,12-13,26H,(H2,22,23,25).